The first kappa shape index (κ1) is 47.1. The Hall–Kier alpha value is -5.86. The van der Waals surface area contributed by atoms with Crippen LogP contribution in [0.25, 0.3) is 33.3 Å². The quantitative estimate of drug-likeness (QED) is 0.139. The fourth-order valence-electron chi connectivity index (χ4n) is 9.92. The molecule has 3 aliphatic heterocycles. The van der Waals surface area contributed by atoms with Crippen molar-refractivity contribution in [3.05, 3.63) is 90.3 Å². The van der Waals surface area contributed by atoms with E-state index in [2.05, 4.69) is 78.0 Å². The molecule has 2 aromatic carbocycles. The van der Waals surface area contributed by atoms with Gasteiger partial charge in [-0.3, -0.25) is 34.0 Å². The molecule has 2 N–H and O–H groups in total. The number of hydrogen-bond donors (Lipinski definition) is 2. The molecule has 3 aliphatic rings. The maximum absolute atomic E-state index is 14.7. The Balaban J connectivity index is 1.29. The summed E-state index contributed by atoms with van der Waals surface area (Å²) in [7, 11) is 3.32. The van der Waals surface area contributed by atoms with Crippen LogP contribution >= 0.6 is 0 Å². The summed E-state index contributed by atoms with van der Waals surface area (Å²) in [6.45, 7) is 17.5. The molecule has 5 atom stereocenters. The minimum Gasteiger partial charge on any atom is -0.464 e. The predicted octanol–water partition coefficient (Wildman–Crippen LogP) is 6.26. The van der Waals surface area contributed by atoms with Crippen LogP contribution < -0.4 is 10.7 Å². The van der Waals surface area contributed by atoms with Crippen molar-refractivity contribution in [2.75, 3.05) is 40.4 Å². The van der Waals surface area contributed by atoms with Gasteiger partial charge in [0.2, 0.25) is 17.7 Å². The third-order valence-corrected chi connectivity index (χ3v) is 13.4. The van der Waals surface area contributed by atoms with E-state index in [-0.39, 0.29) is 43.4 Å². The number of pyridine rings is 1. The number of nitrogens with one attached hydrogen (secondary N) is 2. The average molecular weight is 888 g/mol. The number of carbonyl (C=O) groups is 5. The molecule has 0 radical (unpaired) electrons. The molecule has 346 valence electrons. The molecule has 2 fully saturated rings. The van der Waals surface area contributed by atoms with Gasteiger partial charge in [0, 0.05) is 81.0 Å². The summed E-state index contributed by atoms with van der Waals surface area (Å²) in [5.74, 6) is -2.56. The summed E-state index contributed by atoms with van der Waals surface area (Å²) in [6.07, 6.45) is 7.00. The Labute approximate surface area is 382 Å². The number of benzene rings is 2. The highest BCUT2D eigenvalue weighted by Gasteiger charge is 2.40. The number of likely N-dealkylation sites (N-methyl/N-ethyl adjacent to an activating group) is 1. The maximum Gasteiger partial charge on any atom is 0.324 e. The lowest BCUT2D eigenvalue weighted by Crippen LogP contribution is -2.62. The molecule has 2 aromatic heterocycles. The number of esters is 1. The average Bonchev–Trinajstić information content (AvgIpc) is 3.92. The van der Waals surface area contributed by atoms with Crippen LogP contribution in [0.1, 0.15) is 83.6 Å². The van der Waals surface area contributed by atoms with Gasteiger partial charge >= 0.3 is 5.97 Å². The number of hydrazine groups is 1. The van der Waals surface area contributed by atoms with E-state index < -0.39 is 47.2 Å². The Kier molecular flexibility index (Phi) is 14.3. The number of aryl methyl sites for hydroxylation is 1. The van der Waals surface area contributed by atoms with Crippen LogP contribution in [0.4, 0.5) is 0 Å². The van der Waals surface area contributed by atoms with Crippen molar-refractivity contribution < 1.29 is 33.4 Å². The summed E-state index contributed by atoms with van der Waals surface area (Å²) in [4.78, 5) is 76.9. The number of rotatable bonds is 10. The van der Waals surface area contributed by atoms with E-state index in [1.54, 1.807) is 25.3 Å². The van der Waals surface area contributed by atoms with Crippen molar-refractivity contribution in [3.8, 4) is 22.4 Å². The number of methoxy groups -OCH3 is 1. The molecule has 14 nitrogen and oxygen atoms in total. The van der Waals surface area contributed by atoms with Crippen LogP contribution in [-0.4, -0.2) is 112 Å². The molecule has 14 heteroatoms. The van der Waals surface area contributed by atoms with Crippen molar-refractivity contribution in [2.45, 2.75) is 104 Å². The zero-order valence-corrected chi connectivity index (χ0v) is 39.2. The second kappa shape index (κ2) is 19.7. The van der Waals surface area contributed by atoms with Gasteiger partial charge in [-0.2, -0.15) is 0 Å². The highest BCUT2D eigenvalue weighted by atomic mass is 16.5. The topological polar surface area (TPSA) is 155 Å². The van der Waals surface area contributed by atoms with Gasteiger partial charge in [-0.25, -0.2) is 5.43 Å². The van der Waals surface area contributed by atoms with Crippen LogP contribution in [0.15, 0.2) is 73.6 Å². The first-order valence-corrected chi connectivity index (χ1v) is 23.0. The van der Waals surface area contributed by atoms with Crippen molar-refractivity contribution >= 4 is 40.5 Å². The molecule has 0 aliphatic carbocycles. The van der Waals surface area contributed by atoms with Crippen molar-refractivity contribution in [1.29, 1.82) is 0 Å². The molecule has 0 unspecified atom stereocenters. The second-order valence-corrected chi connectivity index (χ2v) is 19.0. The van der Waals surface area contributed by atoms with E-state index >= 15 is 0 Å². The molecule has 0 spiro atoms. The van der Waals surface area contributed by atoms with Gasteiger partial charge in [0.05, 0.1) is 24.3 Å². The molecular formula is C51H65N7O7. The fraction of sp³-hybridized carbons (Fsp3) is 0.490. The van der Waals surface area contributed by atoms with Gasteiger partial charge in [-0.15, -0.1) is 0 Å². The Morgan fingerprint density at radius 1 is 1.08 bits per heavy atom. The third-order valence-electron chi connectivity index (χ3n) is 13.4. The highest BCUT2D eigenvalue weighted by Crippen LogP contribution is 2.42. The van der Waals surface area contributed by atoms with E-state index in [1.807, 2.05) is 45.2 Å². The number of aromatic nitrogens is 2. The van der Waals surface area contributed by atoms with Gasteiger partial charge in [0.15, 0.2) is 0 Å². The van der Waals surface area contributed by atoms with E-state index in [0.717, 1.165) is 50.0 Å². The van der Waals surface area contributed by atoms with E-state index in [4.69, 9.17) is 9.47 Å². The van der Waals surface area contributed by atoms with Crippen molar-refractivity contribution in [1.82, 2.24) is 35.1 Å². The first-order valence-electron chi connectivity index (χ1n) is 23.0. The molecule has 0 saturated carbocycles. The van der Waals surface area contributed by atoms with Gasteiger partial charge in [0.25, 0.3) is 5.91 Å². The number of ether oxygens (including phenoxy) is 2. The monoisotopic (exact) mass is 887 g/mol. The molecule has 65 heavy (non-hydrogen) atoms. The SMILES string of the molecule is C=CC(=O)N1CC[C@H](C(=O)N(C)[C@H](C(=O)N[C@H]2Cc3cccc(c3)-c3ccc4c(c3)c(c(-c3cnccc3[C@H](C)OC)n4CC)CC(C)(C)COC(=O)[C@@H]3CCCN(N3)C2=O)C(C)C)C1. The lowest BCUT2D eigenvalue weighted by Gasteiger charge is -2.37. The zero-order valence-electron chi connectivity index (χ0n) is 39.2. The molecule has 7 rings (SSSR count). The maximum atomic E-state index is 14.7. The van der Waals surface area contributed by atoms with Crippen LogP contribution in [-0.2, 0) is 52.8 Å². The summed E-state index contributed by atoms with van der Waals surface area (Å²) < 4.78 is 14.3. The number of likely N-dealkylation sites (tertiary alicyclic amines) is 1. The summed E-state index contributed by atoms with van der Waals surface area (Å²) in [6, 6.07) is 13.8. The lowest BCUT2D eigenvalue weighted by atomic mass is 9.84. The minimum atomic E-state index is -1.05. The van der Waals surface area contributed by atoms with E-state index in [1.165, 1.54) is 16.0 Å². The van der Waals surface area contributed by atoms with Gasteiger partial charge in [0.1, 0.15) is 18.1 Å². The van der Waals surface area contributed by atoms with E-state index in [9.17, 15) is 24.0 Å². The molecule has 2 saturated heterocycles. The minimum absolute atomic E-state index is 0.136. The Morgan fingerprint density at radius 3 is 2.57 bits per heavy atom. The van der Waals surface area contributed by atoms with Crippen LogP contribution in [0.3, 0.4) is 0 Å². The lowest BCUT2D eigenvalue weighted by molar-refractivity contribution is -0.155. The second-order valence-electron chi connectivity index (χ2n) is 19.0. The number of cyclic esters (lactones) is 1. The van der Waals surface area contributed by atoms with Crippen molar-refractivity contribution in [3.63, 3.8) is 0 Å². The number of fused-ring (bicyclic) bond motifs is 6. The Morgan fingerprint density at radius 2 is 1.85 bits per heavy atom. The summed E-state index contributed by atoms with van der Waals surface area (Å²) in [5.41, 5.74) is 10.7. The standard InChI is InChI=1S/C51H65N7O7/c1-10-44(59)56-23-20-36(29-56)48(61)55(8)45(31(3)4)47(60)53-42-25-33-14-12-15-34(24-33)35-17-18-43-38(26-35)39(46(57(43)11-2)40-28-52-21-19-37(40)32(5)64-9)27-51(6,7)30-65-50(63)41-16-13-22-58(54-41)49(42)62/h10,12,14-15,17-19,21,24,26,28,31-32,36,41-42,45,54H,1,11,13,16,20,22-23,25,27,29-30H2,2-9H3,(H,53,60)/t32-,36-,41-,42-,45-/m0/s1. The summed E-state index contributed by atoms with van der Waals surface area (Å²) >= 11 is 0. The molecular weight excluding hydrogens is 823 g/mol. The number of carbonyl (C=O) groups excluding carboxylic acids is 5. The van der Waals surface area contributed by atoms with E-state index in [0.29, 0.717) is 45.3 Å². The molecule has 6 bridgehead atoms. The smallest absolute Gasteiger partial charge is 0.324 e. The van der Waals surface area contributed by atoms with Crippen molar-refractivity contribution in [2.24, 2.45) is 17.3 Å². The number of hydrogen-bond acceptors (Lipinski definition) is 9. The fourth-order valence-corrected chi connectivity index (χ4v) is 9.92. The molecule has 4 amide bonds. The summed E-state index contributed by atoms with van der Waals surface area (Å²) in [5, 5.41) is 5.57. The third kappa shape index (κ3) is 9.89. The largest absolute Gasteiger partial charge is 0.464 e. The molecule has 4 aromatic rings. The van der Waals surface area contributed by atoms with Crippen LogP contribution in [0.5, 0.6) is 0 Å². The Bertz CT molecular complexity index is 2460. The van der Waals surface area contributed by atoms with Crippen LogP contribution in [0.2, 0.25) is 0 Å². The first-order chi connectivity index (χ1) is 31.0. The molecule has 5 heterocycles. The van der Waals surface area contributed by atoms with Crippen LogP contribution in [0, 0.1) is 17.3 Å². The van der Waals surface area contributed by atoms with Gasteiger partial charge < -0.3 is 29.2 Å². The van der Waals surface area contributed by atoms with Gasteiger partial charge in [-0.05, 0) is 97.5 Å². The number of amides is 4. The predicted molar refractivity (Wildman–Crippen MR) is 250 cm³/mol. The highest BCUT2D eigenvalue weighted by molar-refractivity contribution is 5.96. The normalized spacial score (nSPS) is 21.1. The van der Waals surface area contributed by atoms with Gasteiger partial charge in [-0.1, -0.05) is 64.6 Å². The zero-order chi connectivity index (χ0) is 46.7. The number of nitrogens with zero attached hydrogens (tertiary/aromatic N) is 5.